The molecule has 0 aliphatic carbocycles. The second kappa shape index (κ2) is 15.7. The fourth-order valence-corrected chi connectivity index (χ4v) is 3.42. The summed E-state index contributed by atoms with van der Waals surface area (Å²) in [6.45, 7) is 9.74. The van der Waals surface area contributed by atoms with E-state index < -0.39 is 0 Å². The largest absolute Gasteiger partial charge is 0.388 e. The lowest BCUT2D eigenvalue weighted by Gasteiger charge is -2.26. The van der Waals surface area contributed by atoms with Crippen molar-refractivity contribution in [2.45, 2.75) is 39.7 Å². The number of carbonyl (C=O) groups excluding carboxylic acids is 1. The zero-order valence-corrected chi connectivity index (χ0v) is 18.1. The van der Waals surface area contributed by atoms with E-state index in [0.29, 0.717) is 0 Å². The molecule has 1 aliphatic rings. The Morgan fingerprint density at radius 3 is 1.89 bits per heavy atom. The second-order valence-electron chi connectivity index (χ2n) is 6.59. The number of likely N-dealkylation sites (tertiary alicyclic amines) is 1. The van der Waals surface area contributed by atoms with E-state index in [1.165, 1.54) is 54.7 Å². The highest BCUT2D eigenvalue weighted by Gasteiger charge is 2.09. The number of piperidine rings is 1. The lowest BCUT2D eigenvalue weighted by molar-refractivity contribution is -0.0979. The fraction of sp³-hybridized carbons (Fsp3) is 0.375. The third kappa shape index (κ3) is 10.8. The van der Waals surface area contributed by atoms with E-state index in [0.717, 1.165) is 11.6 Å². The number of anilines is 1. The number of hydrogen-bond donors (Lipinski definition) is 1. The van der Waals surface area contributed by atoms with Crippen LogP contribution in [0, 0.1) is 26.7 Å². The molecule has 3 rings (SSSR count). The van der Waals surface area contributed by atoms with E-state index in [-0.39, 0.29) is 0 Å². The van der Waals surface area contributed by atoms with Crippen molar-refractivity contribution in [3.63, 3.8) is 0 Å². The quantitative estimate of drug-likeness (QED) is 0.667. The maximum atomic E-state index is 8.00. The summed E-state index contributed by atoms with van der Waals surface area (Å²) < 4.78 is 0. The highest BCUT2D eigenvalue weighted by Crippen LogP contribution is 2.15. The Morgan fingerprint density at radius 2 is 1.46 bits per heavy atom. The molecule has 152 valence electrons. The third-order valence-electron chi connectivity index (χ3n) is 4.28. The number of nitrogens with zero attached hydrogens (tertiary/aromatic N) is 1. The second-order valence-corrected chi connectivity index (χ2v) is 7.03. The Kier molecular flexibility index (Phi) is 14.5. The van der Waals surface area contributed by atoms with Crippen LogP contribution in [0.1, 0.15) is 36.0 Å². The van der Waals surface area contributed by atoms with Gasteiger partial charge in [0.05, 0.1) is 0 Å². The van der Waals surface area contributed by atoms with Crippen LogP contribution in [0.4, 0.5) is 5.69 Å². The van der Waals surface area contributed by atoms with Crippen LogP contribution >= 0.6 is 11.6 Å². The van der Waals surface area contributed by atoms with Gasteiger partial charge >= 0.3 is 0 Å². The van der Waals surface area contributed by atoms with Crippen molar-refractivity contribution in [3.05, 3.63) is 64.2 Å². The molecular weight excluding hydrogens is 368 g/mol. The number of aryl methyl sites for hydroxylation is 2. The summed E-state index contributed by atoms with van der Waals surface area (Å²) in [4.78, 5) is 10.6. The number of terminal acetylenes is 1. The first-order chi connectivity index (χ1) is 13.6. The molecule has 1 aliphatic heterocycles. The number of nitrogens with one attached hydrogen (secondary N) is 1. The minimum Gasteiger partial charge on any atom is -0.388 e. The molecule has 28 heavy (non-hydrogen) atoms. The average Bonchev–Trinajstić information content (AvgIpc) is 2.72. The van der Waals surface area contributed by atoms with Crippen LogP contribution in [0.2, 0.25) is 5.02 Å². The summed E-state index contributed by atoms with van der Waals surface area (Å²) in [6, 6.07) is 14.8. The number of hydrogen-bond acceptors (Lipinski definition) is 3. The molecule has 0 aromatic heterocycles. The standard InChI is InChI=1S/C13H20N2.C8H9Cl.C2H2.CH2O/c1-14-13-7-5-12(6-8-13)11-15-9-3-2-4-10-15;1-6-3-7(2)5-8(9)4-6;2*1-2/h5-8,14H,2-4,9-11H2,1H3;3-5H,1-2H3;1-2H;1H2. The van der Waals surface area contributed by atoms with Gasteiger partial charge in [0.25, 0.3) is 0 Å². The molecule has 0 spiro atoms. The molecule has 2 aromatic carbocycles. The van der Waals surface area contributed by atoms with Crippen LogP contribution in [-0.4, -0.2) is 31.8 Å². The van der Waals surface area contributed by atoms with Gasteiger partial charge in [-0.1, -0.05) is 36.2 Å². The normalized spacial score (nSPS) is 12.8. The average molecular weight is 401 g/mol. The monoisotopic (exact) mass is 400 g/mol. The SMILES string of the molecule is C#C.C=O.CNc1ccc(CN2CCCCC2)cc1.Cc1cc(C)cc(Cl)c1. The van der Waals surface area contributed by atoms with Crippen LogP contribution < -0.4 is 5.32 Å². The van der Waals surface area contributed by atoms with E-state index >= 15 is 0 Å². The van der Waals surface area contributed by atoms with Crippen LogP contribution in [0.15, 0.2) is 42.5 Å². The molecule has 4 heteroatoms. The predicted octanol–water partition coefficient (Wildman–Crippen LogP) is 5.74. The Morgan fingerprint density at radius 1 is 0.964 bits per heavy atom. The zero-order valence-electron chi connectivity index (χ0n) is 17.4. The topological polar surface area (TPSA) is 32.3 Å². The molecule has 2 aromatic rings. The van der Waals surface area contributed by atoms with Crippen LogP contribution in [0.25, 0.3) is 0 Å². The minimum atomic E-state index is 0.826. The van der Waals surface area contributed by atoms with E-state index in [1.54, 1.807) is 0 Å². The summed E-state index contributed by atoms with van der Waals surface area (Å²) in [5.41, 5.74) is 5.06. The van der Waals surface area contributed by atoms with Crippen LogP contribution in [0.3, 0.4) is 0 Å². The van der Waals surface area contributed by atoms with Crippen LogP contribution in [-0.2, 0) is 11.3 Å². The van der Waals surface area contributed by atoms with Crippen molar-refractivity contribution < 1.29 is 4.79 Å². The van der Waals surface area contributed by atoms with Gasteiger partial charge in [0, 0.05) is 24.3 Å². The molecule has 0 radical (unpaired) electrons. The molecular formula is C24H33ClN2O. The smallest absolute Gasteiger partial charge is 0.106 e. The first-order valence-corrected chi connectivity index (χ1v) is 9.79. The molecule has 0 bridgehead atoms. The molecule has 0 amide bonds. The minimum absolute atomic E-state index is 0.826. The highest BCUT2D eigenvalue weighted by molar-refractivity contribution is 6.30. The van der Waals surface area contributed by atoms with Crippen molar-refractivity contribution in [1.82, 2.24) is 4.90 Å². The van der Waals surface area contributed by atoms with Gasteiger partial charge in [-0.05, 0) is 80.7 Å². The van der Waals surface area contributed by atoms with Gasteiger partial charge in [-0.2, -0.15) is 0 Å². The summed E-state index contributed by atoms with van der Waals surface area (Å²) in [7, 11) is 1.96. The molecule has 3 nitrogen and oxygen atoms in total. The van der Waals surface area contributed by atoms with Gasteiger partial charge in [-0.25, -0.2) is 0 Å². The number of carbonyl (C=O) groups is 1. The predicted molar refractivity (Wildman–Crippen MR) is 123 cm³/mol. The van der Waals surface area contributed by atoms with Gasteiger partial charge in [-0.15, -0.1) is 12.8 Å². The van der Waals surface area contributed by atoms with Gasteiger partial charge in [0.1, 0.15) is 6.79 Å². The summed E-state index contributed by atoms with van der Waals surface area (Å²) in [5.74, 6) is 0. The Balaban J connectivity index is 0.000000481. The van der Waals surface area contributed by atoms with E-state index in [1.807, 2.05) is 39.8 Å². The van der Waals surface area contributed by atoms with E-state index in [9.17, 15) is 0 Å². The molecule has 1 saturated heterocycles. The van der Waals surface area contributed by atoms with Crippen molar-refractivity contribution in [1.29, 1.82) is 0 Å². The van der Waals surface area contributed by atoms with E-state index in [4.69, 9.17) is 16.4 Å². The number of rotatable bonds is 3. The fourth-order valence-electron chi connectivity index (χ4n) is 3.07. The van der Waals surface area contributed by atoms with Crippen molar-refractivity contribution in [2.75, 3.05) is 25.5 Å². The van der Waals surface area contributed by atoms with Crippen molar-refractivity contribution >= 4 is 24.1 Å². The maximum absolute atomic E-state index is 8.00. The number of benzene rings is 2. The lowest BCUT2D eigenvalue weighted by atomic mass is 10.1. The Bertz CT molecular complexity index is 626. The zero-order chi connectivity index (χ0) is 21.4. The first kappa shape index (κ1) is 25.7. The Hall–Kier alpha value is -2.28. The van der Waals surface area contributed by atoms with Gasteiger partial charge in [0.15, 0.2) is 0 Å². The van der Waals surface area contributed by atoms with Crippen molar-refractivity contribution in [2.24, 2.45) is 0 Å². The summed E-state index contributed by atoms with van der Waals surface area (Å²) in [5, 5.41) is 3.97. The van der Waals surface area contributed by atoms with Crippen molar-refractivity contribution in [3.8, 4) is 12.8 Å². The molecule has 0 atom stereocenters. The summed E-state index contributed by atoms with van der Waals surface area (Å²) >= 11 is 5.75. The van der Waals surface area contributed by atoms with Crippen LogP contribution in [0.5, 0.6) is 0 Å². The molecule has 1 N–H and O–H groups in total. The third-order valence-corrected chi connectivity index (χ3v) is 4.50. The summed E-state index contributed by atoms with van der Waals surface area (Å²) in [6.07, 6.45) is 12.2. The molecule has 0 unspecified atom stereocenters. The van der Waals surface area contributed by atoms with Gasteiger partial charge in [-0.3, -0.25) is 4.90 Å². The molecule has 0 saturated carbocycles. The van der Waals surface area contributed by atoms with Gasteiger partial charge in [0.2, 0.25) is 0 Å². The maximum Gasteiger partial charge on any atom is 0.106 e. The highest BCUT2D eigenvalue weighted by atomic mass is 35.5. The number of halogens is 1. The van der Waals surface area contributed by atoms with E-state index in [2.05, 4.69) is 53.4 Å². The first-order valence-electron chi connectivity index (χ1n) is 9.42. The Labute approximate surface area is 176 Å². The van der Waals surface area contributed by atoms with Gasteiger partial charge < -0.3 is 10.1 Å². The lowest BCUT2D eigenvalue weighted by Crippen LogP contribution is -2.29. The molecule has 1 heterocycles. The molecule has 1 fully saturated rings.